The van der Waals surface area contributed by atoms with Gasteiger partial charge in [-0.25, -0.2) is 13.2 Å². The molecule has 0 fully saturated rings. The average molecular weight is 409 g/mol. The van der Waals surface area contributed by atoms with E-state index in [4.69, 9.17) is 4.52 Å². The highest BCUT2D eigenvalue weighted by Crippen LogP contribution is 2.39. The van der Waals surface area contributed by atoms with Crippen molar-refractivity contribution in [1.82, 2.24) is 10.1 Å². The van der Waals surface area contributed by atoms with Gasteiger partial charge in [0.25, 0.3) is 0 Å². The SMILES string of the molecule is O=C(Cc1ccccc1)Nc1onc(-c2c(F)cc(F)cc2F)c1-c1ccncc1. The summed E-state index contributed by atoms with van der Waals surface area (Å²) in [6.07, 6.45) is 3.00. The molecule has 4 aromatic rings. The zero-order valence-corrected chi connectivity index (χ0v) is 15.4. The van der Waals surface area contributed by atoms with Crippen LogP contribution >= 0.6 is 0 Å². The van der Waals surface area contributed by atoms with Crippen molar-refractivity contribution in [2.24, 2.45) is 0 Å². The number of carbonyl (C=O) groups excluding carboxylic acids is 1. The van der Waals surface area contributed by atoms with Gasteiger partial charge in [0.05, 0.1) is 17.5 Å². The number of rotatable bonds is 5. The maximum absolute atomic E-state index is 14.4. The topological polar surface area (TPSA) is 68.0 Å². The molecule has 0 radical (unpaired) electrons. The first kappa shape index (κ1) is 19.4. The van der Waals surface area contributed by atoms with Gasteiger partial charge in [-0.2, -0.15) is 0 Å². The van der Waals surface area contributed by atoms with E-state index < -0.39 is 28.9 Å². The van der Waals surface area contributed by atoms with Crippen molar-refractivity contribution in [3.63, 3.8) is 0 Å². The number of nitrogens with one attached hydrogen (secondary N) is 1. The number of benzene rings is 2. The molecule has 0 atom stereocenters. The van der Waals surface area contributed by atoms with Gasteiger partial charge in [-0.05, 0) is 23.3 Å². The molecule has 1 N–H and O–H groups in total. The van der Waals surface area contributed by atoms with E-state index in [1.54, 1.807) is 36.4 Å². The van der Waals surface area contributed by atoms with Gasteiger partial charge in [0, 0.05) is 24.5 Å². The summed E-state index contributed by atoms with van der Waals surface area (Å²) in [5, 5.41) is 6.35. The van der Waals surface area contributed by atoms with E-state index in [0.29, 0.717) is 17.7 Å². The first-order chi connectivity index (χ1) is 14.5. The summed E-state index contributed by atoms with van der Waals surface area (Å²) in [6, 6.07) is 13.3. The largest absolute Gasteiger partial charge is 0.337 e. The third-order valence-corrected chi connectivity index (χ3v) is 4.37. The number of hydrogen-bond donors (Lipinski definition) is 1. The van der Waals surface area contributed by atoms with Crippen LogP contribution < -0.4 is 5.32 Å². The maximum atomic E-state index is 14.4. The Labute approximate surface area is 169 Å². The normalized spacial score (nSPS) is 10.8. The smallest absolute Gasteiger partial charge is 0.239 e. The van der Waals surface area contributed by atoms with Crippen LogP contribution in [0.4, 0.5) is 19.1 Å². The standard InChI is InChI=1S/C22H14F3N3O2/c23-15-11-16(24)20(17(25)12-15)21-19(14-6-8-26-9-7-14)22(30-28-21)27-18(29)10-13-4-2-1-3-5-13/h1-9,11-12H,10H2,(H,27,29). The Hall–Kier alpha value is -3.94. The van der Waals surface area contributed by atoms with Gasteiger partial charge in [-0.3, -0.25) is 15.1 Å². The lowest BCUT2D eigenvalue weighted by Crippen LogP contribution is -2.14. The summed E-state index contributed by atoms with van der Waals surface area (Å²) in [5.41, 5.74) is 0.625. The molecule has 0 saturated heterocycles. The van der Waals surface area contributed by atoms with E-state index in [0.717, 1.165) is 5.56 Å². The Kier molecular flexibility index (Phi) is 5.30. The fraction of sp³-hybridized carbons (Fsp3) is 0.0455. The fourth-order valence-electron chi connectivity index (χ4n) is 3.05. The van der Waals surface area contributed by atoms with Crippen LogP contribution in [0.1, 0.15) is 5.56 Å². The molecule has 0 bridgehead atoms. The minimum Gasteiger partial charge on any atom is -0.337 e. The number of pyridine rings is 1. The molecular formula is C22H14F3N3O2. The number of amides is 1. The van der Waals surface area contributed by atoms with Crippen LogP contribution in [-0.4, -0.2) is 16.0 Å². The molecule has 0 aliphatic rings. The van der Waals surface area contributed by atoms with Crippen molar-refractivity contribution in [3.8, 4) is 22.4 Å². The summed E-state index contributed by atoms with van der Waals surface area (Å²) < 4.78 is 47.3. The van der Waals surface area contributed by atoms with Gasteiger partial charge >= 0.3 is 0 Å². The number of anilines is 1. The average Bonchev–Trinajstić information content (AvgIpc) is 3.11. The zero-order chi connectivity index (χ0) is 21.1. The molecule has 0 aliphatic heterocycles. The third kappa shape index (κ3) is 3.93. The predicted octanol–water partition coefficient (Wildman–Crippen LogP) is 5.00. The molecule has 4 rings (SSSR count). The van der Waals surface area contributed by atoms with Crippen molar-refractivity contribution in [2.45, 2.75) is 6.42 Å². The minimum absolute atomic E-state index is 0.0614. The molecule has 0 saturated carbocycles. The van der Waals surface area contributed by atoms with Gasteiger partial charge in [0.2, 0.25) is 11.8 Å². The van der Waals surface area contributed by atoms with Gasteiger partial charge in [-0.15, -0.1) is 0 Å². The lowest BCUT2D eigenvalue weighted by Gasteiger charge is -2.08. The zero-order valence-electron chi connectivity index (χ0n) is 15.4. The van der Waals surface area contributed by atoms with Crippen LogP contribution in [-0.2, 0) is 11.2 Å². The quantitative estimate of drug-likeness (QED) is 0.504. The first-order valence-electron chi connectivity index (χ1n) is 8.91. The molecule has 150 valence electrons. The molecule has 1 amide bonds. The molecule has 2 aromatic carbocycles. The summed E-state index contributed by atoms with van der Waals surface area (Å²) in [7, 11) is 0. The molecule has 8 heteroatoms. The van der Waals surface area contributed by atoms with E-state index in [9.17, 15) is 18.0 Å². The molecule has 30 heavy (non-hydrogen) atoms. The monoisotopic (exact) mass is 409 g/mol. The molecule has 0 aliphatic carbocycles. The third-order valence-electron chi connectivity index (χ3n) is 4.37. The number of halogens is 3. The van der Waals surface area contributed by atoms with E-state index in [2.05, 4.69) is 15.5 Å². The molecule has 2 aromatic heterocycles. The van der Waals surface area contributed by atoms with Crippen LogP contribution in [0.2, 0.25) is 0 Å². The minimum atomic E-state index is -1.14. The number of aromatic nitrogens is 2. The van der Waals surface area contributed by atoms with E-state index >= 15 is 0 Å². The highest BCUT2D eigenvalue weighted by atomic mass is 19.1. The van der Waals surface area contributed by atoms with Crippen molar-refractivity contribution in [1.29, 1.82) is 0 Å². The highest BCUT2D eigenvalue weighted by Gasteiger charge is 2.26. The van der Waals surface area contributed by atoms with E-state index in [1.165, 1.54) is 12.4 Å². The van der Waals surface area contributed by atoms with Crippen LogP contribution in [0.5, 0.6) is 0 Å². The molecular weight excluding hydrogens is 395 g/mol. The van der Waals surface area contributed by atoms with Crippen molar-refractivity contribution in [3.05, 3.63) is 90.0 Å². The van der Waals surface area contributed by atoms with E-state index in [-0.39, 0.29) is 23.6 Å². The summed E-state index contributed by atoms with van der Waals surface area (Å²) >= 11 is 0. The molecule has 0 spiro atoms. The Bertz CT molecular complexity index is 1170. The Morgan fingerprint density at radius 2 is 1.60 bits per heavy atom. The fourth-order valence-corrected chi connectivity index (χ4v) is 3.05. The highest BCUT2D eigenvalue weighted by molar-refractivity contribution is 5.98. The second-order valence-corrected chi connectivity index (χ2v) is 6.43. The van der Waals surface area contributed by atoms with Crippen LogP contribution in [0.15, 0.2) is 71.5 Å². The Morgan fingerprint density at radius 3 is 2.27 bits per heavy atom. The number of carbonyl (C=O) groups is 1. The molecule has 5 nitrogen and oxygen atoms in total. The Balaban J connectivity index is 1.76. The number of nitrogens with zero attached hydrogens (tertiary/aromatic N) is 2. The summed E-state index contributed by atoms with van der Waals surface area (Å²) in [6.45, 7) is 0. The van der Waals surface area contributed by atoms with Gasteiger partial charge < -0.3 is 4.52 Å². The van der Waals surface area contributed by atoms with Crippen molar-refractivity contribution < 1.29 is 22.5 Å². The second kappa shape index (κ2) is 8.20. The second-order valence-electron chi connectivity index (χ2n) is 6.43. The first-order valence-corrected chi connectivity index (χ1v) is 8.91. The maximum Gasteiger partial charge on any atom is 0.239 e. The lowest BCUT2D eigenvalue weighted by molar-refractivity contribution is -0.115. The predicted molar refractivity (Wildman–Crippen MR) is 104 cm³/mol. The van der Waals surface area contributed by atoms with Gasteiger partial charge in [-0.1, -0.05) is 35.5 Å². The van der Waals surface area contributed by atoms with Crippen molar-refractivity contribution in [2.75, 3.05) is 5.32 Å². The molecule has 0 unspecified atom stereocenters. The van der Waals surface area contributed by atoms with E-state index in [1.807, 2.05) is 6.07 Å². The Morgan fingerprint density at radius 1 is 0.933 bits per heavy atom. The number of hydrogen-bond acceptors (Lipinski definition) is 4. The van der Waals surface area contributed by atoms with Crippen LogP contribution in [0, 0.1) is 17.5 Å². The van der Waals surface area contributed by atoms with Gasteiger partial charge in [0.15, 0.2) is 0 Å². The molecule has 2 heterocycles. The lowest BCUT2D eigenvalue weighted by atomic mass is 10.0. The summed E-state index contributed by atoms with van der Waals surface area (Å²) in [4.78, 5) is 16.4. The van der Waals surface area contributed by atoms with Crippen LogP contribution in [0.25, 0.3) is 22.4 Å². The van der Waals surface area contributed by atoms with Gasteiger partial charge in [0.1, 0.15) is 23.1 Å². The van der Waals surface area contributed by atoms with Crippen LogP contribution in [0.3, 0.4) is 0 Å². The summed E-state index contributed by atoms with van der Waals surface area (Å²) in [5.74, 6) is -3.82. The van der Waals surface area contributed by atoms with Crippen molar-refractivity contribution >= 4 is 11.8 Å².